The molecule has 0 spiro atoms. The highest BCUT2D eigenvalue weighted by Crippen LogP contribution is 2.08. The van der Waals surface area contributed by atoms with Gasteiger partial charge < -0.3 is 5.32 Å². The number of aromatic nitrogens is 2. The van der Waals surface area contributed by atoms with E-state index in [4.69, 9.17) is 0 Å². The first-order valence-electron chi connectivity index (χ1n) is 6.21. The van der Waals surface area contributed by atoms with Gasteiger partial charge in [-0.25, -0.2) is 9.97 Å². The minimum absolute atomic E-state index is 0.138. The first-order valence-corrected chi connectivity index (χ1v) is 6.21. The highest BCUT2D eigenvalue weighted by Gasteiger charge is 2.10. The van der Waals surface area contributed by atoms with Crippen LogP contribution in [0.25, 0.3) is 0 Å². The van der Waals surface area contributed by atoms with Gasteiger partial charge in [-0.3, -0.25) is 4.79 Å². The summed E-state index contributed by atoms with van der Waals surface area (Å²) in [6.07, 6.45) is 1.57. The van der Waals surface area contributed by atoms with E-state index in [1.54, 1.807) is 6.20 Å². The quantitative estimate of drug-likeness (QED) is 0.915. The second kappa shape index (κ2) is 5.61. The van der Waals surface area contributed by atoms with Crippen molar-refractivity contribution in [3.8, 4) is 0 Å². The van der Waals surface area contributed by atoms with Crippen molar-refractivity contribution < 1.29 is 4.79 Å². The van der Waals surface area contributed by atoms with E-state index in [0.29, 0.717) is 23.6 Å². The fourth-order valence-corrected chi connectivity index (χ4v) is 1.89. The molecule has 0 radical (unpaired) electrons. The van der Waals surface area contributed by atoms with E-state index in [0.717, 1.165) is 5.56 Å². The molecule has 2 aromatic rings. The maximum atomic E-state index is 12.1. The summed E-state index contributed by atoms with van der Waals surface area (Å²) in [7, 11) is 0. The summed E-state index contributed by atoms with van der Waals surface area (Å²) in [4.78, 5) is 20.3. The number of nitrogens with one attached hydrogen (secondary N) is 1. The van der Waals surface area contributed by atoms with Crippen LogP contribution in [0.2, 0.25) is 0 Å². The fraction of sp³-hybridized carbons (Fsp3) is 0.267. The van der Waals surface area contributed by atoms with Gasteiger partial charge in [0.25, 0.3) is 5.91 Å². The molecule has 0 saturated carbocycles. The van der Waals surface area contributed by atoms with Crippen molar-refractivity contribution in [2.75, 3.05) is 0 Å². The Labute approximate surface area is 112 Å². The van der Waals surface area contributed by atoms with Crippen LogP contribution in [-0.4, -0.2) is 15.9 Å². The molecule has 0 bridgehead atoms. The van der Waals surface area contributed by atoms with Crippen molar-refractivity contribution in [1.82, 2.24) is 15.3 Å². The van der Waals surface area contributed by atoms with Gasteiger partial charge in [0.05, 0.1) is 11.3 Å². The molecule has 4 nitrogen and oxygen atoms in total. The molecule has 0 aliphatic heterocycles. The third-order valence-electron chi connectivity index (χ3n) is 3.05. The molecule has 2 rings (SSSR count). The number of aryl methyl sites for hydroxylation is 3. The van der Waals surface area contributed by atoms with E-state index in [2.05, 4.69) is 15.3 Å². The molecule has 1 aromatic heterocycles. The van der Waals surface area contributed by atoms with Crippen LogP contribution in [0.15, 0.2) is 30.5 Å². The van der Waals surface area contributed by atoms with Crippen LogP contribution in [0, 0.1) is 20.8 Å². The Balaban J connectivity index is 2.08. The number of hydrogen-bond donors (Lipinski definition) is 1. The van der Waals surface area contributed by atoms with E-state index in [-0.39, 0.29) is 5.91 Å². The zero-order valence-corrected chi connectivity index (χ0v) is 11.4. The molecule has 0 saturated heterocycles. The average Bonchev–Trinajstić information content (AvgIpc) is 2.37. The van der Waals surface area contributed by atoms with Crippen molar-refractivity contribution in [2.45, 2.75) is 27.3 Å². The monoisotopic (exact) mass is 255 g/mol. The van der Waals surface area contributed by atoms with E-state index in [1.165, 1.54) is 5.56 Å². The molecule has 19 heavy (non-hydrogen) atoms. The van der Waals surface area contributed by atoms with Gasteiger partial charge in [-0.15, -0.1) is 0 Å². The number of carbonyl (C=O) groups excluding carboxylic acids is 1. The third kappa shape index (κ3) is 3.16. The summed E-state index contributed by atoms with van der Waals surface area (Å²) in [6.45, 7) is 6.17. The molecule has 1 aromatic carbocycles. The average molecular weight is 255 g/mol. The molecule has 0 aliphatic carbocycles. The van der Waals surface area contributed by atoms with E-state index in [9.17, 15) is 4.79 Å². The minimum atomic E-state index is -0.138. The summed E-state index contributed by atoms with van der Waals surface area (Å²) in [5, 5.41) is 2.90. The largest absolute Gasteiger partial charge is 0.348 e. The van der Waals surface area contributed by atoms with Gasteiger partial charge in [0.1, 0.15) is 5.82 Å². The molecular weight excluding hydrogens is 238 g/mol. The molecule has 0 atom stereocenters. The lowest BCUT2D eigenvalue weighted by molar-refractivity contribution is 0.0949. The predicted molar refractivity (Wildman–Crippen MR) is 73.9 cm³/mol. The van der Waals surface area contributed by atoms with Crippen molar-refractivity contribution in [1.29, 1.82) is 0 Å². The molecule has 98 valence electrons. The Hall–Kier alpha value is -2.23. The minimum Gasteiger partial charge on any atom is -0.348 e. The van der Waals surface area contributed by atoms with Gasteiger partial charge in [0.2, 0.25) is 0 Å². The zero-order chi connectivity index (χ0) is 13.8. The number of carbonyl (C=O) groups is 1. The first kappa shape index (κ1) is 13.2. The number of hydrogen-bond acceptors (Lipinski definition) is 3. The standard InChI is InChI=1S/C15H17N3O/c1-10-6-4-5-7-13(10)8-17-15(19)14-9-16-12(3)18-11(14)2/h4-7,9H,8H2,1-3H3,(H,17,19). The number of amides is 1. The van der Waals surface area contributed by atoms with Gasteiger partial charge >= 0.3 is 0 Å². The first-order chi connectivity index (χ1) is 9.08. The summed E-state index contributed by atoms with van der Waals surface area (Å²) in [5.74, 6) is 0.536. The lowest BCUT2D eigenvalue weighted by Crippen LogP contribution is -2.24. The lowest BCUT2D eigenvalue weighted by Gasteiger charge is -2.09. The SMILES string of the molecule is Cc1ncc(C(=O)NCc2ccccc2C)c(C)n1. The Morgan fingerprint density at radius 2 is 1.95 bits per heavy atom. The van der Waals surface area contributed by atoms with Crippen LogP contribution in [0.4, 0.5) is 0 Å². The van der Waals surface area contributed by atoms with Gasteiger partial charge in [-0.05, 0) is 31.9 Å². The number of nitrogens with zero attached hydrogens (tertiary/aromatic N) is 2. The third-order valence-corrected chi connectivity index (χ3v) is 3.05. The summed E-state index contributed by atoms with van der Waals surface area (Å²) in [5.41, 5.74) is 3.51. The Bertz CT molecular complexity index is 608. The van der Waals surface area contributed by atoms with Crippen LogP contribution in [0.3, 0.4) is 0 Å². The molecule has 1 amide bonds. The molecule has 4 heteroatoms. The summed E-state index contributed by atoms with van der Waals surface area (Å²) in [6, 6.07) is 7.99. The summed E-state index contributed by atoms with van der Waals surface area (Å²) < 4.78 is 0. The second-order valence-corrected chi connectivity index (χ2v) is 4.53. The molecule has 1 heterocycles. The highest BCUT2D eigenvalue weighted by atomic mass is 16.1. The lowest BCUT2D eigenvalue weighted by atomic mass is 10.1. The van der Waals surface area contributed by atoms with Crippen LogP contribution in [-0.2, 0) is 6.54 Å². The molecule has 1 N–H and O–H groups in total. The number of rotatable bonds is 3. The predicted octanol–water partition coefficient (Wildman–Crippen LogP) is 2.33. The maximum absolute atomic E-state index is 12.1. The fourth-order valence-electron chi connectivity index (χ4n) is 1.89. The normalized spacial score (nSPS) is 10.3. The smallest absolute Gasteiger partial charge is 0.254 e. The maximum Gasteiger partial charge on any atom is 0.254 e. The molecule has 0 unspecified atom stereocenters. The van der Waals surface area contributed by atoms with Crippen LogP contribution >= 0.6 is 0 Å². The van der Waals surface area contributed by atoms with Crippen LogP contribution < -0.4 is 5.32 Å². The highest BCUT2D eigenvalue weighted by molar-refractivity contribution is 5.94. The van der Waals surface area contributed by atoms with Crippen molar-refractivity contribution in [3.05, 3.63) is 58.7 Å². The van der Waals surface area contributed by atoms with Gasteiger partial charge in [0.15, 0.2) is 0 Å². The van der Waals surface area contributed by atoms with E-state index in [1.807, 2.05) is 45.0 Å². The van der Waals surface area contributed by atoms with Gasteiger partial charge in [0, 0.05) is 12.7 Å². The molecular formula is C15H17N3O. The van der Waals surface area contributed by atoms with Crippen LogP contribution in [0.1, 0.15) is 33.0 Å². The van der Waals surface area contributed by atoms with Crippen molar-refractivity contribution in [2.24, 2.45) is 0 Å². The molecule has 0 fully saturated rings. The Morgan fingerprint density at radius 3 is 2.63 bits per heavy atom. The Kier molecular flexibility index (Phi) is 3.90. The van der Waals surface area contributed by atoms with Crippen molar-refractivity contribution >= 4 is 5.91 Å². The van der Waals surface area contributed by atoms with Crippen LogP contribution in [0.5, 0.6) is 0 Å². The van der Waals surface area contributed by atoms with Gasteiger partial charge in [-0.2, -0.15) is 0 Å². The topological polar surface area (TPSA) is 54.9 Å². The van der Waals surface area contributed by atoms with Gasteiger partial charge in [-0.1, -0.05) is 24.3 Å². The van der Waals surface area contributed by atoms with E-state index >= 15 is 0 Å². The second-order valence-electron chi connectivity index (χ2n) is 4.53. The zero-order valence-electron chi connectivity index (χ0n) is 11.4. The Morgan fingerprint density at radius 1 is 1.21 bits per heavy atom. The number of benzene rings is 1. The summed E-state index contributed by atoms with van der Waals surface area (Å²) >= 11 is 0. The van der Waals surface area contributed by atoms with E-state index < -0.39 is 0 Å². The molecule has 0 aliphatic rings. The van der Waals surface area contributed by atoms with Crippen molar-refractivity contribution in [3.63, 3.8) is 0 Å².